The van der Waals surface area contributed by atoms with Crippen molar-refractivity contribution in [3.63, 3.8) is 0 Å². The van der Waals surface area contributed by atoms with E-state index in [0.717, 1.165) is 6.04 Å². The minimum atomic E-state index is -6.52. The van der Waals surface area contributed by atoms with Crippen molar-refractivity contribution in [2.75, 3.05) is 0 Å². The molecule has 0 amide bonds. The van der Waals surface area contributed by atoms with Gasteiger partial charge in [0.05, 0.1) is 0 Å². The second-order valence-corrected chi connectivity index (χ2v) is 21.8. The van der Waals surface area contributed by atoms with Crippen molar-refractivity contribution in [1.29, 1.82) is 0 Å². The normalized spacial score (nSPS) is 14.3. The predicted octanol–water partition coefficient (Wildman–Crippen LogP) is 5.83. The number of halogens is 14. The maximum absolute atomic E-state index is 12.2. The van der Waals surface area contributed by atoms with Crippen molar-refractivity contribution in [1.82, 2.24) is 0 Å². The number of allylic oxidation sites excluding steroid dienone is 1. The van der Waals surface area contributed by atoms with Gasteiger partial charge in [-0.2, -0.15) is 74.8 Å². The molecular formula is C15H22Cl2F12O8S4Si. The van der Waals surface area contributed by atoms with E-state index in [4.69, 9.17) is 22.2 Å². The van der Waals surface area contributed by atoms with Gasteiger partial charge in [0, 0.05) is 0 Å². The molecule has 256 valence electrons. The van der Waals surface area contributed by atoms with Gasteiger partial charge in [-0.3, -0.25) is 0 Å². The molecule has 0 saturated carbocycles. The summed E-state index contributed by atoms with van der Waals surface area (Å²) < 4.78 is 225. The van der Waals surface area contributed by atoms with Crippen LogP contribution < -0.4 is 0 Å². The molecule has 0 radical (unpaired) electrons. The third-order valence-corrected chi connectivity index (χ3v) is 15.9. The molecule has 42 heavy (non-hydrogen) atoms. The van der Waals surface area contributed by atoms with Gasteiger partial charge >= 0.3 is 22.0 Å². The van der Waals surface area contributed by atoms with Gasteiger partial charge in [0.25, 0.3) is 39.3 Å². The maximum atomic E-state index is 12.2. The van der Waals surface area contributed by atoms with Crippen molar-refractivity contribution in [3.8, 4) is 0 Å². The third kappa shape index (κ3) is 12.5. The zero-order chi connectivity index (χ0) is 35.0. The Bertz CT molecular complexity index is 1200. The van der Waals surface area contributed by atoms with Crippen LogP contribution in [-0.2, 0) is 39.3 Å². The minimum Gasteiger partial charge on any atom is -0.218 e. The van der Waals surface area contributed by atoms with E-state index in [0.29, 0.717) is 6.08 Å². The van der Waals surface area contributed by atoms with Crippen LogP contribution in [0.5, 0.6) is 0 Å². The fourth-order valence-electron chi connectivity index (χ4n) is 2.00. The average Bonchev–Trinajstić information content (AvgIpc) is 2.74. The lowest BCUT2D eigenvalue weighted by Crippen LogP contribution is -2.44. The van der Waals surface area contributed by atoms with Crippen LogP contribution in [0.2, 0.25) is 6.04 Å². The molecule has 8 nitrogen and oxygen atoms in total. The van der Waals surface area contributed by atoms with E-state index in [-0.39, 0.29) is 6.42 Å². The molecule has 0 atom stereocenters. The average molecular weight is 786 g/mol. The summed E-state index contributed by atoms with van der Waals surface area (Å²) in [4.78, 5) is 0. The first-order chi connectivity index (χ1) is 18.2. The van der Waals surface area contributed by atoms with E-state index in [1.54, 1.807) is 0 Å². The molecule has 0 N–H and O–H groups in total. The molecule has 0 aromatic heterocycles. The fourth-order valence-corrected chi connectivity index (χ4v) is 8.90. The molecule has 0 aromatic rings. The highest BCUT2D eigenvalue weighted by Gasteiger charge is 2.63. The zero-order valence-electron chi connectivity index (χ0n) is 20.7. The molecule has 0 saturated heterocycles. The SMILES string of the molecule is C=CCC(S(=O)(=O)C(F)(F)F)S(=O)(=O)C(F)(F)F.CCCCC(S(=O)(=O)C(F)(F)F)S(=O)(=O)C(F)(F)F.CC[SiH](Cl)Cl. The van der Waals surface area contributed by atoms with Gasteiger partial charge in [-0.15, -0.1) is 6.58 Å². The van der Waals surface area contributed by atoms with Crippen LogP contribution in [0.3, 0.4) is 0 Å². The molecule has 0 aromatic carbocycles. The highest BCUT2D eigenvalue weighted by molar-refractivity contribution is 8.10. The molecule has 0 rings (SSSR count). The van der Waals surface area contributed by atoms with Gasteiger partial charge in [0.1, 0.15) is 0 Å². The third-order valence-electron chi connectivity index (χ3n) is 4.14. The Balaban J connectivity index is -0.000000624. The Morgan fingerprint density at radius 2 is 0.857 bits per heavy atom. The number of sulfone groups is 4. The van der Waals surface area contributed by atoms with Crippen LogP contribution in [-0.4, -0.2) is 72.3 Å². The van der Waals surface area contributed by atoms with Gasteiger partial charge in [0.15, 0.2) is 9.16 Å². The van der Waals surface area contributed by atoms with E-state index in [9.17, 15) is 86.4 Å². The summed E-state index contributed by atoms with van der Waals surface area (Å²) in [5.41, 5.74) is -24.4. The molecule has 0 aliphatic carbocycles. The van der Waals surface area contributed by atoms with Crippen LogP contribution >= 0.6 is 22.2 Å². The van der Waals surface area contributed by atoms with Crippen LogP contribution in [0, 0.1) is 0 Å². The van der Waals surface area contributed by atoms with Crippen molar-refractivity contribution in [2.45, 2.75) is 76.8 Å². The summed E-state index contributed by atoms with van der Waals surface area (Å²) in [7, 11) is -27.2. The second-order valence-electron chi connectivity index (χ2n) is 7.29. The minimum absolute atomic E-state index is 0.0389. The molecule has 0 unspecified atom stereocenters. The predicted molar refractivity (Wildman–Crippen MR) is 131 cm³/mol. The van der Waals surface area contributed by atoms with Crippen molar-refractivity contribution in [2.24, 2.45) is 0 Å². The lowest BCUT2D eigenvalue weighted by atomic mass is 10.3. The summed E-state index contributed by atoms with van der Waals surface area (Å²) >= 11 is 10.7. The Morgan fingerprint density at radius 3 is 1.02 bits per heavy atom. The van der Waals surface area contributed by atoms with Crippen molar-refractivity contribution >= 4 is 68.9 Å². The van der Waals surface area contributed by atoms with Crippen LogP contribution in [0.4, 0.5) is 52.7 Å². The Morgan fingerprint density at radius 1 is 0.619 bits per heavy atom. The number of hydrogen-bond donors (Lipinski definition) is 0. The second kappa shape index (κ2) is 16.2. The van der Waals surface area contributed by atoms with E-state index in [1.807, 2.05) is 6.92 Å². The highest BCUT2D eigenvalue weighted by Crippen LogP contribution is 2.39. The number of rotatable bonds is 10. The monoisotopic (exact) mass is 784 g/mol. The topological polar surface area (TPSA) is 137 Å². The number of hydrogen-bond acceptors (Lipinski definition) is 8. The quantitative estimate of drug-likeness (QED) is 0.117. The number of unbranched alkanes of at least 4 members (excludes halogenated alkanes) is 1. The smallest absolute Gasteiger partial charge is 0.218 e. The van der Waals surface area contributed by atoms with Crippen LogP contribution in [0.1, 0.15) is 39.5 Å². The van der Waals surface area contributed by atoms with E-state index >= 15 is 0 Å². The van der Waals surface area contributed by atoms with Gasteiger partial charge < -0.3 is 0 Å². The molecule has 0 fully saturated rings. The van der Waals surface area contributed by atoms with Crippen LogP contribution in [0.15, 0.2) is 12.7 Å². The van der Waals surface area contributed by atoms with Gasteiger partial charge in [0.2, 0.25) is 7.42 Å². The van der Waals surface area contributed by atoms with E-state index < -0.39 is 97.2 Å². The molecule has 0 spiro atoms. The molecule has 27 heteroatoms. The van der Waals surface area contributed by atoms with Crippen LogP contribution in [0.25, 0.3) is 0 Å². The zero-order valence-corrected chi connectivity index (χ0v) is 26.7. The molecule has 0 aliphatic heterocycles. The molecule has 0 heterocycles. The summed E-state index contributed by atoms with van der Waals surface area (Å²) in [6.45, 7) is 6.08. The Labute approximate surface area is 244 Å². The summed E-state index contributed by atoms with van der Waals surface area (Å²) in [5.74, 6) is 0. The highest BCUT2D eigenvalue weighted by atomic mass is 35.7. The lowest BCUT2D eigenvalue weighted by molar-refractivity contribution is -0.0483. The van der Waals surface area contributed by atoms with Crippen molar-refractivity contribution in [3.05, 3.63) is 12.7 Å². The largest absolute Gasteiger partial charge is 0.498 e. The molecule has 0 aliphatic rings. The van der Waals surface area contributed by atoms with Gasteiger partial charge in [-0.05, 0) is 18.9 Å². The first-order valence-electron chi connectivity index (χ1n) is 10.3. The summed E-state index contributed by atoms with van der Waals surface area (Å²) in [6.07, 6.45) is -2.81. The van der Waals surface area contributed by atoms with Crippen molar-refractivity contribution < 1.29 is 86.4 Å². The summed E-state index contributed by atoms with van der Waals surface area (Å²) in [6, 6.07) is 0.975. The lowest BCUT2D eigenvalue weighted by Gasteiger charge is -2.20. The standard InChI is InChI=1S/C7H10F6O4S2.C6H6F6O4S2.C2H6Cl2Si/c1-2-3-4-5(18(14,15)6(8,9)10)19(16,17)7(11,12)13;1-2-3-4(17(13,14)5(7,8)9)18(15,16)6(10,11)12;1-2-5(3)4/h5H,2-4H2,1H3;2,4H,1,3H2;5H,2H2,1H3. The van der Waals surface area contributed by atoms with E-state index in [2.05, 4.69) is 6.58 Å². The molecule has 0 bridgehead atoms. The van der Waals surface area contributed by atoms with E-state index in [1.165, 1.54) is 6.92 Å². The number of alkyl halides is 12. The molecular weight excluding hydrogens is 763 g/mol. The van der Waals surface area contributed by atoms with Gasteiger partial charge in [-0.25, -0.2) is 33.7 Å². The summed E-state index contributed by atoms with van der Waals surface area (Å²) in [5, 5.41) is 0. The Kier molecular flexibility index (Phi) is 17.7. The maximum Gasteiger partial charge on any atom is 0.498 e. The van der Waals surface area contributed by atoms with Gasteiger partial charge in [-0.1, -0.05) is 32.8 Å². The Hall–Kier alpha value is -0.503. The fraction of sp³-hybridized carbons (Fsp3) is 0.867. The first-order valence-corrected chi connectivity index (χ1v) is 20.7. The first kappa shape index (κ1) is 45.9.